The van der Waals surface area contributed by atoms with Crippen molar-refractivity contribution in [2.24, 2.45) is 0 Å². The summed E-state index contributed by atoms with van der Waals surface area (Å²) in [6.07, 6.45) is 2.74. The lowest BCUT2D eigenvalue weighted by molar-refractivity contribution is -0.385. The molecule has 5 nitrogen and oxygen atoms in total. The Balaban J connectivity index is 2.16. The van der Waals surface area contributed by atoms with Gasteiger partial charge in [-0.2, -0.15) is 0 Å². The van der Waals surface area contributed by atoms with Crippen LogP contribution >= 0.6 is 0 Å². The number of ether oxygens (including phenoxy) is 1. The summed E-state index contributed by atoms with van der Waals surface area (Å²) in [4.78, 5) is 12.5. The lowest BCUT2D eigenvalue weighted by Crippen LogP contribution is -2.25. The predicted molar refractivity (Wildman–Crippen MR) is 63.9 cm³/mol. The molecule has 1 aliphatic heterocycles. The maximum absolute atomic E-state index is 10.8. The van der Waals surface area contributed by atoms with E-state index >= 15 is 0 Å². The molecule has 0 aliphatic carbocycles. The van der Waals surface area contributed by atoms with Crippen LogP contribution in [0, 0.1) is 10.1 Å². The number of para-hydroxylation sites is 2. The molecular weight excluding hydrogens is 220 g/mol. The summed E-state index contributed by atoms with van der Waals surface area (Å²) in [6.45, 7) is 1.72. The Kier molecular flexibility index (Phi) is 3.39. The van der Waals surface area contributed by atoms with Gasteiger partial charge in [0.25, 0.3) is 0 Å². The van der Waals surface area contributed by atoms with Gasteiger partial charge in [0.15, 0.2) is 0 Å². The zero-order chi connectivity index (χ0) is 12.3. The van der Waals surface area contributed by atoms with Crippen LogP contribution in [-0.2, 0) is 0 Å². The Labute approximate surface area is 99.5 Å². The maximum Gasteiger partial charge on any atom is 0.311 e. The Hall–Kier alpha value is -1.88. The van der Waals surface area contributed by atoms with Gasteiger partial charge in [-0.05, 0) is 19.2 Å². The number of nitrogens with zero attached hydrogens (tertiary/aromatic N) is 2. The van der Waals surface area contributed by atoms with Crippen LogP contribution in [0.5, 0.6) is 5.75 Å². The highest BCUT2D eigenvalue weighted by Gasteiger charge is 2.16. The Bertz CT molecular complexity index is 457. The van der Waals surface area contributed by atoms with Gasteiger partial charge in [-0.1, -0.05) is 12.1 Å². The first-order valence-electron chi connectivity index (χ1n) is 5.45. The van der Waals surface area contributed by atoms with Gasteiger partial charge < -0.3 is 9.64 Å². The molecule has 0 saturated heterocycles. The van der Waals surface area contributed by atoms with E-state index in [9.17, 15) is 10.1 Å². The number of rotatable bonds is 3. The molecule has 1 aromatic carbocycles. The quantitative estimate of drug-likeness (QED) is 0.594. The Morgan fingerprint density at radius 1 is 1.41 bits per heavy atom. The van der Waals surface area contributed by atoms with Crippen molar-refractivity contribution < 1.29 is 9.66 Å². The van der Waals surface area contributed by atoms with Gasteiger partial charge in [0.2, 0.25) is 5.75 Å². The summed E-state index contributed by atoms with van der Waals surface area (Å²) in [5, 5.41) is 10.8. The fraction of sp³-hybridized carbons (Fsp3) is 0.333. The first-order chi connectivity index (χ1) is 8.16. The fourth-order valence-corrected chi connectivity index (χ4v) is 1.68. The summed E-state index contributed by atoms with van der Waals surface area (Å²) in [5.41, 5.74) is 0.00679. The minimum atomic E-state index is -0.426. The van der Waals surface area contributed by atoms with Crippen molar-refractivity contribution in [2.45, 2.75) is 6.42 Å². The number of hydrogen-bond donors (Lipinski definition) is 0. The van der Waals surface area contributed by atoms with E-state index < -0.39 is 4.92 Å². The highest BCUT2D eigenvalue weighted by atomic mass is 16.6. The smallest absolute Gasteiger partial charge is 0.311 e. The lowest BCUT2D eigenvalue weighted by Gasteiger charge is -2.21. The second-order valence-corrected chi connectivity index (χ2v) is 4.01. The molecule has 1 aromatic rings. The van der Waals surface area contributed by atoms with Crippen LogP contribution < -0.4 is 4.74 Å². The summed E-state index contributed by atoms with van der Waals surface area (Å²) in [6, 6.07) is 6.44. The number of hydrogen-bond acceptors (Lipinski definition) is 4. The largest absolute Gasteiger partial charge is 0.455 e. The molecule has 0 saturated carbocycles. The van der Waals surface area contributed by atoms with Gasteiger partial charge in [-0.15, -0.1) is 0 Å². The zero-order valence-electron chi connectivity index (χ0n) is 9.63. The molecular formula is C12H14N2O3. The fourth-order valence-electron chi connectivity index (χ4n) is 1.68. The molecule has 0 bridgehead atoms. The molecule has 17 heavy (non-hydrogen) atoms. The standard InChI is InChI=1S/C12H14N2O3/c1-13-8-6-10(7-9-13)17-12-5-3-2-4-11(12)14(15)16/h2-6H,7-9H2,1H3. The van der Waals surface area contributed by atoms with Gasteiger partial charge in [-0.3, -0.25) is 10.1 Å². The first-order valence-corrected chi connectivity index (χ1v) is 5.45. The minimum absolute atomic E-state index is 0.00679. The van der Waals surface area contributed by atoms with Crippen molar-refractivity contribution >= 4 is 5.69 Å². The summed E-state index contributed by atoms with van der Waals surface area (Å²) in [5.74, 6) is 1.12. The molecule has 0 fully saturated rings. The van der Waals surface area contributed by atoms with Crippen molar-refractivity contribution in [3.63, 3.8) is 0 Å². The predicted octanol–water partition coefficient (Wildman–Crippen LogP) is 2.19. The number of likely N-dealkylation sites (N-methyl/N-ethyl adjacent to an activating group) is 1. The van der Waals surface area contributed by atoms with Crippen LogP contribution in [0.25, 0.3) is 0 Å². The molecule has 5 heteroatoms. The maximum atomic E-state index is 10.8. The number of benzene rings is 1. The molecule has 0 atom stereocenters. The van der Waals surface area contributed by atoms with Gasteiger partial charge in [0, 0.05) is 25.6 Å². The highest BCUT2D eigenvalue weighted by Crippen LogP contribution is 2.28. The van der Waals surface area contributed by atoms with Gasteiger partial charge in [0.1, 0.15) is 5.76 Å². The molecule has 90 valence electrons. The van der Waals surface area contributed by atoms with E-state index in [1.54, 1.807) is 18.2 Å². The first kappa shape index (κ1) is 11.6. The normalized spacial score (nSPS) is 16.4. The third-order valence-corrected chi connectivity index (χ3v) is 2.67. The van der Waals surface area contributed by atoms with Crippen LogP contribution in [0.15, 0.2) is 36.1 Å². The van der Waals surface area contributed by atoms with E-state index in [1.807, 2.05) is 13.1 Å². The molecule has 0 N–H and O–H groups in total. The van der Waals surface area contributed by atoms with E-state index in [2.05, 4.69) is 4.90 Å². The minimum Gasteiger partial charge on any atom is -0.455 e. The average molecular weight is 234 g/mol. The highest BCUT2D eigenvalue weighted by molar-refractivity contribution is 5.46. The Morgan fingerprint density at radius 2 is 2.18 bits per heavy atom. The SMILES string of the molecule is CN1CC=C(Oc2ccccc2[N+](=O)[O-])CC1. The van der Waals surface area contributed by atoms with E-state index in [0.717, 1.165) is 25.3 Å². The van der Waals surface area contributed by atoms with E-state index in [1.165, 1.54) is 6.07 Å². The molecule has 0 amide bonds. The molecule has 2 rings (SSSR count). The van der Waals surface area contributed by atoms with Crippen LogP contribution in [0.1, 0.15) is 6.42 Å². The topological polar surface area (TPSA) is 55.6 Å². The van der Waals surface area contributed by atoms with Gasteiger partial charge in [-0.25, -0.2) is 0 Å². The van der Waals surface area contributed by atoms with Crippen LogP contribution in [0.3, 0.4) is 0 Å². The molecule has 1 heterocycles. The second kappa shape index (κ2) is 4.97. The number of nitro groups is 1. The molecule has 0 unspecified atom stereocenters. The third kappa shape index (κ3) is 2.82. The van der Waals surface area contributed by atoms with Crippen LogP contribution in [0.4, 0.5) is 5.69 Å². The molecule has 0 aromatic heterocycles. The van der Waals surface area contributed by atoms with Crippen LogP contribution in [-0.4, -0.2) is 30.0 Å². The average Bonchev–Trinajstić information content (AvgIpc) is 2.32. The van der Waals surface area contributed by atoms with E-state index in [-0.39, 0.29) is 5.69 Å². The third-order valence-electron chi connectivity index (χ3n) is 2.67. The zero-order valence-corrected chi connectivity index (χ0v) is 9.63. The number of nitro benzene ring substituents is 1. The van der Waals surface area contributed by atoms with E-state index in [4.69, 9.17) is 4.74 Å². The van der Waals surface area contributed by atoms with Crippen molar-refractivity contribution in [2.75, 3.05) is 20.1 Å². The van der Waals surface area contributed by atoms with Crippen molar-refractivity contribution in [1.82, 2.24) is 4.90 Å². The van der Waals surface area contributed by atoms with Gasteiger partial charge >= 0.3 is 5.69 Å². The van der Waals surface area contributed by atoms with Gasteiger partial charge in [0.05, 0.1) is 4.92 Å². The van der Waals surface area contributed by atoms with Crippen molar-refractivity contribution in [3.8, 4) is 5.75 Å². The van der Waals surface area contributed by atoms with E-state index in [0.29, 0.717) is 5.75 Å². The monoisotopic (exact) mass is 234 g/mol. The summed E-state index contributed by atoms with van der Waals surface area (Å²) < 4.78 is 5.59. The summed E-state index contributed by atoms with van der Waals surface area (Å²) in [7, 11) is 2.03. The summed E-state index contributed by atoms with van der Waals surface area (Å²) >= 11 is 0. The molecule has 0 spiro atoms. The van der Waals surface area contributed by atoms with Crippen molar-refractivity contribution in [1.29, 1.82) is 0 Å². The molecule has 0 radical (unpaired) electrons. The van der Waals surface area contributed by atoms with Crippen LogP contribution in [0.2, 0.25) is 0 Å². The Morgan fingerprint density at radius 3 is 2.82 bits per heavy atom. The second-order valence-electron chi connectivity index (χ2n) is 4.01. The lowest BCUT2D eigenvalue weighted by atomic mass is 10.2. The molecule has 1 aliphatic rings. The van der Waals surface area contributed by atoms with Crippen molar-refractivity contribution in [3.05, 3.63) is 46.2 Å².